The van der Waals surface area contributed by atoms with E-state index in [1.165, 1.54) is 5.56 Å². The van der Waals surface area contributed by atoms with Crippen LogP contribution in [0.2, 0.25) is 0 Å². The molecule has 6 heteroatoms. The lowest BCUT2D eigenvalue weighted by molar-refractivity contribution is 0.0849. The van der Waals surface area contributed by atoms with Crippen molar-refractivity contribution in [2.45, 2.75) is 25.3 Å². The van der Waals surface area contributed by atoms with Gasteiger partial charge in [-0.05, 0) is 44.5 Å². The summed E-state index contributed by atoms with van der Waals surface area (Å²) in [4.78, 5) is 17.2. The highest BCUT2D eigenvalue weighted by atomic mass is 16.5. The lowest BCUT2D eigenvalue weighted by Gasteiger charge is -2.25. The summed E-state index contributed by atoms with van der Waals surface area (Å²) in [7, 11) is 3.96. The molecule has 110 valence electrons. The maximum absolute atomic E-state index is 10.7. The van der Waals surface area contributed by atoms with Crippen LogP contribution < -0.4 is 5.32 Å². The van der Waals surface area contributed by atoms with E-state index in [0.717, 1.165) is 31.7 Å². The Hall–Kier alpha value is -1.66. The topological polar surface area (TPSA) is 74.7 Å². The molecule has 0 bridgehead atoms. The van der Waals surface area contributed by atoms with Crippen LogP contribution in [0.5, 0.6) is 0 Å². The SMILES string of the molecule is CN(C)Cc1nc(NC(=O)O)ccc1C1CCOCC1. The van der Waals surface area contributed by atoms with Crippen LogP contribution in [-0.4, -0.2) is 48.4 Å². The average molecular weight is 279 g/mol. The summed E-state index contributed by atoms with van der Waals surface area (Å²) in [6.45, 7) is 2.25. The second-order valence-corrected chi connectivity index (χ2v) is 5.29. The van der Waals surface area contributed by atoms with Gasteiger partial charge in [0, 0.05) is 19.8 Å². The van der Waals surface area contributed by atoms with E-state index in [4.69, 9.17) is 9.84 Å². The molecular formula is C14H21N3O3. The van der Waals surface area contributed by atoms with E-state index in [-0.39, 0.29) is 0 Å². The first-order valence-electron chi connectivity index (χ1n) is 6.78. The van der Waals surface area contributed by atoms with Crippen molar-refractivity contribution in [3.05, 3.63) is 23.4 Å². The van der Waals surface area contributed by atoms with Crippen LogP contribution in [0.15, 0.2) is 12.1 Å². The lowest BCUT2D eigenvalue weighted by atomic mass is 9.90. The van der Waals surface area contributed by atoms with Gasteiger partial charge in [0.25, 0.3) is 0 Å². The minimum Gasteiger partial charge on any atom is -0.465 e. The molecule has 1 amide bonds. The van der Waals surface area contributed by atoms with E-state index in [0.29, 0.717) is 18.3 Å². The van der Waals surface area contributed by atoms with Crippen molar-refractivity contribution < 1.29 is 14.6 Å². The number of amides is 1. The molecule has 2 heterocycles. The van der Waals surface area contributed by atoms with Crippen LogP contribution in [0.1, 0.15) is 30.0 Å². The van der Waals surface area contributed by atoms with Gasteiger partial charge in [0.2, 0.25) is 0 Å². The van der Waals surface area contributed by atoms with Crippen molar-refractivity contribution in [2.75, 3.05) is 32.6 Å². The highest BCUT2D eigenvalue weighted by Crippen LogP contribution is 2.30. The van der Waals surface area contributed by atoms with Gasteiger partial charge in [0.15, 0.2) is 0 Å². The highest BCUT2D eigenvalue weighted by Gasteiger charge is 2.20. The van der Waals surface area contributed by atoms with Gasteiger partial charge < -0.3 is 14.7 Å². The van der Waals surface area contributed by atoms with Gasteiger partial charge in [-0.1, -0.05) is 6.07 Å². The van der Waals surface area contributed by atoms with Crippen molar-refractivity contribution in [1.82, 2.24) is 9.88 Å². The molecular weight excluding hydrogens is 258 g/mol. The Bertz CT molecular complexity index is 471. The molecule has 1 aliphatic heterocycles. The minimum atomic E-state index is -1.09. The van der Waals surface area contributed by atoms with Crippen LogP contribution in [0, 0.1) is 0 Å². The van der Waals surface area contributed by atoms with Gasteiger partial charge in [-0.2, -0.15) is 0 Å². The maximum atomic E-state index is 10.7. The predicted molar refractivity (Wildman–Crippen MR) is 76.1 cm³/mol. The van der Waals surface area contributed by atoms with Gasteiger partial charge in [0.05, 0.1) is 5.69 Å². The smallest absolute Gasteiger partial charge is 0.410 e. The zero-order valence-electron chi connectivity index (χ0n) is 11.9. The molecule has 2 N–H and O–H groups in total. The molecule has 1 saturated heterocycles. The normalized spacial score (nSPS) is 16.4. The molecule has 2 rings (SSSR count). The van der Waals surface area contributed by atoms with Crippen LogP contribution in [-0.2, 0) is 11.3 Å². The molecule has 0 atom stereocenters. The largest absolute Gasteiger partial charge is 0.465 e. The van der Waals surface area contributed by atoms with Crippen LogP contribution in [0.25, 0.3) is 0 Å². The van der Waals surface area contributed by atoms with Crippen LogP contribution in [0.4, 0.5) is 10.6 Å². The van der Waals surface area contributed by atoms with E-state index in [2.05, 4.69) is 10.3 Å². The number of pyridine rings is 1. The summed E-state index contributed by atoms with van der Waals surface area (Å²) in [5.74, 6) is 0.829. The van der Waals surface area contributed by atoms with Crippen molar-refractivity contribution in [2.24, 2.45) is 0 Å². The Kier molecular flexibility index (Phi) is 4.92. The number of nitrogens with zero attached hydrogens (tertiary/aromatic N) is 2. The van der Waals surface area contributed by atoms with Gasteiger partial charge in [-0.3, -0.25) is 5.32 Å². The first-order valence-corrected chi connectivity index (χ1v) is 6.78. The van der Waals surface area contributed by atoms with E-state index in [9.17, 15) is 4.79 Å². The van der Waals surface area contributed by atoms with E-state index in [1.54, 1.807) is 6.07 Å². The van der Waals surface area contributed by atoms with Gasteiger partial charge in [0.1, 0.15) is 5.82 Å². The predicted octanol–water partition coefficient (Wildman–Crippen LogP) is 2.13. The molecule has 1 fully saturated rings. The summed E-state index contributed by atoms with van der Waals surface area (Å²) in [5.41, 5.74) is 2.14. The zero-order valence-corrected chi connectivity index (χ0v) is 11.9. The Morgan fingerprint density at radius 3 is 2.75 bits per heavy atom. The van der Waals surface area contributed by atoms with Gasteiger partial charge >= 0.3 is 6.09 Å². The third kappa shape index (κ3) is 3.91. The summed E-state index contributed by atoms with van der Waals surface area (Å²) < 4.78 is 5.40. The molecule has 1 aromatic heterocycles. The van der Waals surface area contributed by atoms with E-state index in [1.807, 2.05) is 25.1 Å². The van der Waals surface area contributed by atoms with Crippen molar-refractivity contribution in [1.29, 1.82) is 0 Å². The molecule has 0 radical (unpaired) electrons. The zero-order chi connectivity index (χ0) is 14.5. The molecule has 0 aliphatic carbocycles. The minimum absolute atomic E-state index is 0.380. The maximum Gasteiger partial charge on any atom is 0.410 e. The van der Waals surface area contributed by atoms with Crippen LogP contribution >= 0.6 is 0 Å². The summed E-state index contributed by atoms with van der Waals surface area (Å²) in [6, 6.07) is 3.73. The fraction of sp³-hybridized carbons (Fsp3) is 0.571. The van der Waals surface area contributed by atoms with Crippen LogP contribution in [0.3, 0.4) is 0 Å². The molecule has 6 nitrogen and oxygen atoms in total. The number of anilines is 1. The quantitative estimate of drug-likeness (QED) is 0.883. The summed E-state index contributed by atoms with van der Waals surface area (Å²) in [6.07, 6.45) is 0.897. The van der Waals surface area contributed by atoms with Crippen molar-refractivity contribution in [3.8, 4) is 0 Å². The van der Waals surface area contributed by atoms with Crippen molar-refractivity contribution in [3.63, 3.8) is 0 Å². The average Bonchev–Trinajstić information content (AvgIpc) is 2.38. The number of hydrogen-bond donors (Lipinski definition) is 2. The summed E-state index contributed by atoms with van der Waals surface area (Å²) >= 11 is 0. The molecule has 0 spiro atoms. The van der Waals surface area contributed by atoms with E-state index >= 15 is 0 Å². The third-order valence-corrected chi connectivity index (χ3v) is 3.37. The lowest BCUT2D eigenvalue weighted by Crippen LogP contribution is -2.20. The Labute approximate surface area is 118 Å². The number of hydrogen-bond acceptors (Lipinski definition) is 4. The second-order valence-electron chi connectivity index (χ2n) is 5.29. The number of ether oxygens (including phenoxy) is 1. The molecule has 1 aliphatic rings. The number of aromatic nitrogens is 1. The molecule has 1 aromatic rings. The monoisotopic (exact) mass is 279 g/mol. The third-order valence-electron chi connectivity index (χ3n) is 3.37. The number of carboxylic acid groups (broad SMARTS) is 1. The first-order chi connectivity index (χ1) is 9.56. The van der Waals surface area contributed by atoms with E-state index < -0.39 is 6.09 Å². The van der Waals surface area contributed by atoms with Gasteiger partial charge in [-0.15, -0.1) is 0 Å². The molecule has 20 heavy (non-hydrogen) atoms. The standard InChI is InChI=1S/C14H21N3O3/c1-17(2)9-12-11(10-5-7-20-8-6-10)3-4-13(15-12)16-14(18)19/h3-4,10H,5-9H2,1-2H3,(H,15,16)(H,18,19). The fourth-order valence-corrected chi connectivity index (χ4v) is 2.50. The number of nitrogens with one attached hydrogen (secondary N) is 1. The van der Waals surface area contributed by atoms with Gasteiger partial charge in [-0.25, -0.2) is 9.78 Å². The summed E-state index contributed by atoms with van der Waals surface area (Å²) in [5, 5.41) is 11.1. The molecule has 0 saturated carbocycles. The number of carbonyl (C=O) groups is 1. The van der Waals surface area contributed by atoms with Crippen molar-refractivity contribution >= 4 is 11.9 Å². The Balaban J connectivity index is 2.26. The molecule has 0 unspecified atom stereocenters. The Morgan fingerprint density at radius 1 is 1.45 bits per heavy atom. The highest BCUT2D eigenvalue weighted by molar-refractivity contribution is 5.81. The Morgan fingerprint density at radius 2 is 2.15 bits per heavy atom. The first kappa shape index (κ1) is 14.7. The second kappa shape index (κ2) is 6.67. The fourth-order valence-electron chi connectivity index (χ4n) is 2.50. The number of rotatable bonds is 4. The molecule has 0 aromatic carbocycles.